The molecule has 0 radical (unpaired) electrons. The van der Waals surface area contributed by atoms with Crippen LogP contribution >= 0.6 is 11.6 Å². The molecule has 1 N–H and O–H groups in total. The summed E-state index contributed by atoms with van der Waals surface area (Å²) in [6.07, 6.45) is -1.38. The van der Waals surface area contributed by atoms with Crippen molar-refractivity contribution in [3.05, 3.63) is 52.6 Å². The van der Waals surface area contributed by atoms with Crippen molar-refractivity contribution in [2.75, 3.05) is 5.32 Å². The van der Waals surface area contributed by atoms with E-state index in [0.717, 1.165) is 11.8 Å². The minimum absolute atomic E-state index is 0.277. The van der Waals surface area contributed by atoms with Crippen LogP contribution in [0.4, 0.5) is 18.9 Å². The minimum atomic E-state index is -4.49. The monoisotopic (exact) mass is 315 g/mol. The number of alkyl halides is 3. The van der Waals surface area contributed by atoms with Crippen LogP contribution in [0.5, 0.6) is 0 Å². The number of aryl methyl sites for hydroxylation is 1. The van der Waals surface area contributed by atoms with Crippen LogP contribution in [0.2, 0.25) is 5.02 Å². The predicted molar refractivity (Wildman–Crippen MR) is 75.3 cm³/mol. The van der Waals surface area contributed by atoms with Crippen LogP contribution in [-0.4, -0.2) is 9.97 Å². The number of benzene rings is 1. The molecular weight excluding hydrogens is 303 g/mol. The topological polar surface area (TPSA) is 37.8 Å². The van der Waals surface area contributed by atoms with E-state index in [1.54, 1.807) is 26.2 Å². The molecule has 0 aliphatic rings. The zero-order valence-electron chi connectivity index (χ0n) is 11.4. The van der Waals surface area contributed by atoms with Gasteiger partial charge in [0, 0.05) is 18.1 Å². The number of anilines is 1. The number of hydrogen-bond donors (Lipinski definition) is 1. The van der Waals surface area contributed by atoms with Crippen LogP contribution in [-0.2, 0) is 6.18 Å². The van der Waals surface area contributed by atoms with E-state index in [1.165, 1.54) is 12.1 Å². The highest BCUT2D eigenvalue weighted by atomic mass is 35.5. The molecule has 0 aliphatic carbocycles. The Balaban J connectivity index is 2.26. The summed E-state index contributed by atoms with van der Waals surface area (Å²) in [6, 6.07) is 3.44. The predicted octanol–water partition coefficient (Wildman–Crippen LogP) is 4.63. The summed E-state index contributed by atoms with van der Waals surface area (Å²) < 4.78 is 38.5. The van der Waals surface area contributed by atoms with Crippen molar-refractivity contribution in [3.63, 3.8) is 0 Å². The van der Waals surface area contributed by atoms with Crippen molar-refractivity contribution < 1.29 is 13.2 Å². The van der Waals surface area contributed by atoms with Crippen molar-refractivity contribution >= 4 is 17.3 Å². The molecule has 3 nitrogen and oxygen atoms in total. The van der Waals surface area contributed by atoms with E-state index in [2.05, 4.69) is 15.3 Å². The van der Waals surface area contributed by atoms with Gasteiger partial charge in [-0.05, 0) is 32.0 Å². The lowest BCUT2D eigenvalue weighted by atomic mass is 10.1. The summed E-state index contributed by atoms with van der Waals surface area (Å²) in [5.41, 5.74) is 0.866. The van der Waals surface area contributed by atoms with Crippen LogP contribution in [0.25, 0.3) is 0 Å². The first-order valence-electron chi connectivity index (χ1n) is 6.20. The minimum Gasteiger partial charge on any atom is -0.377 e. The molecule has 2 rings (SSSR count). The lowest BCUT2D eigenvalue weighted by Crippen LogP contribution is -2.12. The standard InChI is InChI=1S/C14H13ClF3N3/c1-8-13(20-6-5-19-8)9(2)21-10-3-4-12(15)11(7-10)14(16,17)18/h3-7,9,21H,1-2H3. The van der Waals surface area contributed by atoms with E-state index < -0.39 is 11.7 Å². The van der Waals surface area contributed by atoms with Crippen molar-refractivity contribution in [2.24, 2.45) is 0 Å². The first kappa shape index (κ1) is 15.6. The lowest BCUT2D eigenvalue weighted by molar-refractivity contribution is -0.137. The van der Waals surface area contributed by atoms with Gasteiger partial charge < -0.3 is 5.32 Å². The smallest absolute Gasteiger partial charge is 0.377 e. The van der Waals surface area contributed by atoms with E-state index >= 15 is 0 Å². The average Bonchev–Trinajstić information content (AvgIpc) is 2.40. The van der Waals surface area contributed by atoms with E-state index in [9.17, 15) is 13.2 Å². The van der Waals surface area contributed by atoms with Gasteiger partial charge >= 0.3 is 6.18 Å². The van der Waals surface area contributed by atoms with E-state index in [4.69, 9.17) is 11.6 Å². The Kier molecular flexibility index (Phi) is 4.37. The summed E-state index contributed by atoms with van der Waals surface area (Å²) in [4.78, 5) is 8.30. The van der Waals surface area contributed by atoms with Gasteiger partial charge in [-0.25, -0.2) is 0 Å². The number of aromatic nitrogens is 2. The van der Waals surface area contributed by atoms with Crippen LogP contribution in [0.1, 0.15) is 29.9 Å². The SMILES string of the molecule is Cc1nccnc1C(C)Nc1ccc(Cl)c(C(F)(F)F)c1. The molecule has 7 heteroatoms. The van der Waals surface area contributed by atoms with Crippen molar-refractivity contribution in [3.8, 4) is 0 Å². The van der Waals surface area contributed by atoms with Crippen molar-refractivity contribution in [1.82, 2.24) is 9.97 Å². The van der Waals surface area contributed by atoms with Gasteiger partial charge in [0.25, 0.3) is 0 Å². The average molecular weight is 316 g/mol. The van der Waals surface area contributed by atoms with Gasteiger partial charge in [-0.3, -0.25) is 9.97 Å². The van der Waals surface area contributed by atoms with Crippen LogP contribution in [0.3, 0.4) is 0 Å². The molecule has 1 aromatic heterocycles. The van der Waals surface area contributed by atoms with Gasteiger partial charge in [0.2, 0.25) is 0 Å². The van der Waals surface area contributed by atoms with Gasteiger partial charge in [-0.2, -0.15) is 13.2 Å². The highest BCUT2D eigenvalue weighted by molar-refractivity contribution is 6.31. The largest absolute Gasteiger partial charge is 0.417 e. The lowest BCUT2D eigenvalue weighted by Gasteiger charge is -2.17. The van der Waals surface area contributed by atoms with Crippen LogP contribution < -0.4 is 5.32 Å². The molecule has 21 heavy (non-hydrogen) atoms. The highest BCUT2D eigenvalue weighted by Crippen LogP contribution is 2.36. The summed E-state index contributed by atoms with van der Waals surface area (Å²) in [7, 11) is 0. The Bertz CT molecular complexity index is 644. The molecule has 0 fully saturated rings. The summed E-state index contributed by atoms with van der Waals surface area (Å²) in [6.45, 7) is 3.60. The van der Waals surface area contributed by atoms with Gasteiger partial charge in [-0.15, -0.1) is 0 Å². The molecule has 112 valence electrons. The fourth-order valence-corrected chi connectivity index (χ4v) is 2.22. The van der Waals surface area contributed by atoms with E-state index in [-0.39, 0.29) is 11.1 Å². The fraction of sp³-hybridized carbons (Fsp3) is 0.286. The third-order valence-corrected chi connectivity index (χ3v) is 3.31. The highest BCUT2D eigenvalue weighted by Gasteiger charge is 2.33. The maximum Gasteiger partial charge on any atom is 0.417 e. The van der Waals surface area contributed by atoms with Crippen LogP contribution in [0, 0.1) is 6.92 Å². The quantitative estimate of drug-likeness (QED) is 0.897. The van der Waals surface area contributed by atoms with Gasteiger partial charge in [-0.1, -0.05) is 11.6 Å². The molecule has 2 aromatic rings. The molecule has 0 saturated carbocycles. The number of rotatable bonds is 3. The zero-order chi connectivity index (χ0) is 15.6. The fourth-order valence-electron chi connectivity index (χ4n) is 1.99. The summed E-state index contributed by atoms with van der Waals surface area (Å²) in [5, 5.41) is 2.65. The zero-order valence-corrected chi connectivity index (χ0v) is 12.1. The summed E-state index contributed by atoms with van der Waals surface area (Å²) >= 11 is 5.59. The number of halogens is 4. The van der Waals surface area contributed by atoms with Gasteiger partial charge in [0.05, 0.1) is 28.0 Å². The molecule has 1 unspecified atom stereocenters. The molecule has 0 aliphatic heterocycles. The Morgan fingerprint density at radius 2 is 1.86 bits per heavy atom. The second-order valence-corrected chi connectivity index (χ2v) is 4.99. The molecular formula is C14H13ClF3N3. The molecule has 1 atom stereocenters. The molecule has 0 bridgehead atoms. The normalized spacial score (nSPS) is 13.0. The van der Waals surface area contributed by atoms with Gasteiger partial charge in [0.15, 0.2) is 0 Å². The third kappa shape index (κ3) is 3.64. The van der Waals surface area contributed by atoms with Crippen LogP contribution in [0.15, 0.2) is 30.6 Å². The molecule has 1 heterocycles. The second kappa shape index (κ2) is 5.89. The Labute approximate surface area is 125 Å². The Morgan fingerprint density at radius 3 is 2.48 bits per heavy atom. The number of nitrogens with zero attached hydrogens (tertiary/aromatic N) is 2. The van der Waals surface area contributed by atoms with E-state index in [0.29, 0.717) is 11.4 Å². The maximum atomic E-state index is 12.8. The first-order valence-corrected chi connectivity index (χ1v) is 6.57. The molecule has 0 saturated heterocycles. The maximum absolute atomic E-state index is 12.8. The number of hydrogen-bond acceptors (Lipinski definition) is 3. The molecule has 1 aromatic carbocycles. The van der Waals surface area contributed by atoms with Crippen molar-refractivity contribution in [2.45, 2.75) is 26.1 Å². The third-order valence-electron chi connectivity index (χ3n) is 2.98. The Hall–Kier alpha value is -1.82. The summed E-state index contributed by atoms with van der Waals surface area (Å²) in [5.74, 6) is 0. The molecule has 0 amide bonds. The molecule has 0 spiro atoms. The first-order chi connectivity index (χ1) is 9.79. The Morgan fingerprint density at radius 1 is 1.19 bits per heavy atom. The number of nitrogens with one attached hydrogen (secondary N) is 1. The van der Waals surface area contributed by atoms with E-state index in [1.807, 2.05) is 0 Å². The second-order valence-electron chi connectivity index (χ2n) is 4.59. The van der Waals surface area contributed by atoms with Crippen molar-refractivity contribution in [1.29, 1.82) is 0 Å². The van der Waals surface area contributed by atoms with Gasteiger partial charge in [0.1, 0.15) is 0 Å².